The molecule has 12 unspecified atom stereocenters. The van der Waals surface area contributed by atoms with Crippen LogP contribution < -0.4 is 4.74 Å². The van der Waals surface area contributed by atoms with Crippen molar-refractivity contribution in [2.24, 2.45) is 51.8 Å². The molecule has 3 heterocycles. The van der Waals surface area contributed by atoms with Crippen LogP contribution in [0, 0.1) is 51.8 Å². The fourth-order valence-corrected chi connectivity index (χ4v) is 11.0. The number of benzene rings is 1. The number of epoxide rings is 1. The monoisotopic (exact) mass is 514 g/mol. The lowest BCUT2D eigenvalue weighted by atomic mass is 9.53. The van der Waals surface area contributed by atoms with E-state index in [4.69, 9.17) is 9.47 Å². The third-order valence-corrected chi connectivity index (χ3v) is 12.0. The lowest BCUT2D eigenvalue weighted by Gasteiger charge is -2.50. The second-order valence-corrected chi connectivity index (χ2v) is 14.8. The first kappa shape index (κ1) is 24.8. The molecule has 202 valence electrons. The fourth-order valence-electron chi connectivity index (χ4n) is 11.0. The molecule has 3 aliphatic heterocycles. The van der Waals surface area contributed by atoms with Gasteiger partial charge in [0.2, 0.25) is 5.60 Å². The number of ether oxygens (including phenoxy) is 2. The molecule has 0 N–H and O–H groups in total. The Labute approximate surface area is 227 Å². The molecule has 8 rings (SSSR count). The second kappa shape index (κ2) is 7.50. The minimum atomic E-state index is -1.31. The third kappa shape index (κ3) is 2.91. The highest BCUT2D eigenvalue weighted by molar-refractivity contribution is 6.17. The maximum atomic E-state index is 15.0. The van der Waals surface area contributed by atoms with E-state index < -0.39 is 16.9 Å². The average Bonchev–Trinajstić information content (AvgIpc) is 3.50. The largest absolute Gasteiger partial charge is 0.490 e. The van der Waals surface area contributed by atoms with Crippen LogP contribution in [0.5, 0.6) is 5.75 Å². The molecular weight excluding hydrogens is 472 g/mol. The number of carbonyl (C=O) groups is 2. The first-order valence-corrected chi connectivity index (χ1v) is 14.7. The van der Waals surface area contributed by atoms with Gasteiger partial charge in [-0.15, -0.1) is 6.58 Å². The van der Waals surface area contributed by atoms with Crippen molar-refractivity contribution in [3.05, 3.63) is 54.1 Å². The summed E-state index contributed by atoms with van der Waals surface area (Å²) in [4.78, 5) is 28.7. The van der Waals surface area contributed by atoms with Crippen LogP contribution >= 0.6 is 0 Å². The number of allylic oxidation sites excluding steroid dienone is 3. The Morgan fingerprint density at radius 1 is 1.03 bits per heavy atom. The standard InChI is InChI=1S/C34H42O4/c1-8-31(5)15-20(4)25-24-27(31)29(36)34-23(35)17-32(6,30(34)38-34)16-21-9-11-22(12-10-21)37-28(24)26-19(3)13-18(2)14-33(25,26)7/h8-12,15,18-19,24-28,30H,1,13-14,16-17H2,2-7H3. The maximum Gasteiger partial charge on any atom is 0.211 e. The molecule has 0 spiro atoms. The number of Topliss-reactive ketones (excluding diaryl/α,β-unsaturated/α-hetero) is 2. The van der Waals surface area contributed by atoms with E-state index in [1.54, 1.807) is 0 Å². The Balaban J connectivity index is 1.48. The van der Waals surface area contributed by atoms with Crippen molar-refractivity contribution in [1.82, 2.24) is 0 Å². The van der Waals surface area contributed by atoms with Crippen LogP contribution in [0.15, 0.2) is 48.6 Å². The first-order chi connectivity index (χ1) is 17.9. The Morgan fingerprint density at radius 2 is 1.74 bits per heavy atom. The molecule has 3 saturated carbocycles. The van der Waals surface area contributed by atoms with Gasteiger partial charge in [0.05, 0.1) is 0 Å². The van der Waals surface area contributed by atoms with Crippen LogP contribution in [-0.2, 0) is 20.7 Å². The molecule has 4 heteroatoms. The predicted octanol–water partition coefficient (Wildman–Crippen LogP) is 6.38. The van der Waals surface area contributed by atoms with Gasteiger partial charge in [-0.25, -0.2) is 0 Å². The molecule has 4 nitrogen and oxygen atoms in total. The number of hydrogen-bond acceptors (Lipinski definition) is 4. The quantitative estimate of drug-likeness (QED) is 0.248. The molecule has 1 aromatic rings. The Morgan fingerprint density at radius 3 is 2.39 bits per heavy atom. The summed E-state index contributed by atoms with van der Waals surface area (Å²) in [6, 6.07) is 8.49. The summed E-state index contributed by atoms with van der Waals surface area (Å²) in [6.07, 6.45) is 7.18. The van der Waals surface area contributed by atoms with Gasteiger partial charge in [0, 0.05) is 35.0 Å². The molecule has 0 aromatic heterocycles. The SMILES string of the molecule is C=CC1(C)C=C(C)C2C3C(Oc4ccc(cc4)CC4(C)CC(=O)C5(OC45)C(=O)C31)C1C(C)CC(C)CC21C. The Bertz CT molecular complexity index is 1280. The van der Waals surface area contributed by atoms with E-state index in [0.717, 1.165) is 17.7 Å². The summed E-state index contributed by atoms with van der Waals surface area (Å²) in [7, 11) is 0. The van der Waals surface area contributed by atoms with Gasteiger partial charge in [-0.1, -0.05) is 64.5 Å². The smallest absolute Gasteiger partial charge is 0.211 e. The van der Waals surface area contributed by atoms with E-state index in [-0.39, 0.29) is 46.4 Å². The Hall–Kier alpha value is -2.20. The van der Waals surface area contributed by atoms with Crippen molar-refractivity contribution >= 4 is 11.6 Å². The molecule has 38 heavy (non-hydrogen) atoms. The van der Waals surface area contributed by atoms with E-state index in [2.05, 4.69) is 78.5 Å². The van der Waals surface area contributed by atoms with Crippen molar-refractivity contribution in [3.8, 4) is 5.75 Å². The number of rotatable bonds is 1. The highest BCUT2D eigenvalue weighted by Gasteiger charge is 2.80. The van der Waals surface area contributed by atoms with Gasteiger partial charge in [-0.05, 0) is 67.1 Å². The van der Waals surface area contributed by atoms with Crippen LogP contribution in [-0.4, -0.2) is 29.4 Å². The minimum absolute atomic E-state index is 0.0146. The number of fused-ring (bicyclic) bond motifs is 4. The van der Waals surface area contributed by atoms with Crippen molar-refractivity contribution in [2.45, 2.75) is 85.0 Å². The van der Waals surface area contributed by atoms with Crippen molar-refractivity contribution in [1.29, 1.82) is 0 Å². The van der Waals surface area contributed by atoms with E-state index in [1.807, 2.05) is 6.08 Å². The van der Waals surface area contributed by atoms with E-state index >= 15 is 0 Å². The molecule has 0 radical (unpaired) electrons. The average molecular weight is 515 g/mol. The van der Waals surface area contributed by atoms with E-state index in [0.29, 0.717) is 30.6 Å². The van der Waals surface area contributed by atoms with Gasteiger partial charge in [0.1, 0.15) is 18.0 Å². The van der Waals surface area contributed by atoms with Gasteiger partial charge in [0.25, 0.3) is 0 Å². The normalized spacial score (nSPS) is 52.4. The van der Waals surface area contributed by atoms with Crippen LogP contribution in [0.25, 0.3) is 0 Å². The molecule has 0 amide bonds. The molecule has 12 atom stereocenters. The van der Waals surface area contributed by atoms with E-state index in [1.165, 1.54) is 12.0 Å². The zero-order valence-corrected chi connectivity index (χ0v) is 23.8. The molecule has 7 aliphatic rings. The van der Waals surface area contributed by atoms with Gasteiger partial charge < -0.3 is 9.47 Å². The summed E-state index contributed by atoms with van der Waals surface area (Å²) in [6.45, 7) is 18.0. The predicted molar refractivity (Wildman–Crippen MR) is 147 cm³/mol. The van der Waals surface area contributed by atoms with Crippen LogP contribution in [0.4, 0.5) is 0 Å². The van der Waals surface area contributed by atoms with Gasteiger partial charge >= 0.3 is 0 Å². The van der Waals surface area contributed by atoms with Crippen LogP contribution in [0.2, 0.25) is 0 Å². The topological polar surface area (TPSA) is 55.9 Å². The third-order valence-electron chi connectivity index (χ3n) is 12.0. The molecule has 4 fully saturated rings. The maximum absolute atomic E-state index is 15.0. The van der Waals surface area contributed by atoms with Crippen molar-refractivity contribution < 1.29 is 19.1 Å². The van der Waals surface area contributed by atoms with Gasteiger partial charge in [-0.3, -0.25) is 9.59 Å². The Kier molecular flexibility index (Phi) is 4.90. The molecular formula is C34H42O4. The van der Waals surface area contributed by atoms with Crippen molar-refractivity contribution in [2.75, 3.05) is 0 Å². The van der Waals surface area contributed by atoms with E-state index in [9.17, 15) is 9.59 Å². The van der Waals surface area contributed by atoms with Gasteiger partial charge in [-0.2, -0.15) is 0 Å². The second-order valence-electron chi connectivity index (χ2n) is 14.8. The highest BCUT2D eigenvalue weighted by Crippen LogP contribution is 2.70. The molecule has 4 aliphatic carbocycles. The first-order valence-electron chi connectivity index (χ1n) is 14.7. The summed E-state index contributed by atoms with van der Waals surface area (Å²) < 4.78 is 13.4. The summed E-state index contributed by atoms with van der Waals surface area (Å²) in [5.74, 6) is 2.01. The molecule has 1 aromatic carbocycles. The number of carbonyl (C=O) groups excluding carboxylic acids is 2. The molecule has 1 saturated heterocycles. The number of hydrogen-bond donors (Lipinski definition) is 0. The van der Waals surface area contributed by atoms with Crippen molar-refractivity contribution in [3.63, 3.8) is 0 Å². The lowest BCUT2D eigenvalue weighted by Crippen LogP contribution is -2.53. The fraction of sp³-hybridized carbons (Fsp3) is 0.647. The molecule has 4 bridgehead atoms. The number of ketones is 2. The summed E-state index contributed by atoms with van der Waals surface area (Å²) in [5, 5.41) is 0. The zero-order chi connectivity index (χ0) is 27.0. The summed E-state index contributed by atoms with van der Waals surface area (Å²) in [5.41, 5.74) is 0.252. The minimum Gasteiger partial charge on any atom is -0.490 e. The van der Waals surface area contributed by atoms with Crippen LogP contribution in [0.3, 0.4) is 0 Å². The highest BCUT2D eigenvalue weighted by atomic mass is 16.6. The van der Waals surface area contributed by atoms with Crippen LogP contribution in [0.1, 0.15) is 66.4 Å². The van der Waals surface area contributed by atoms with Gasteiger partial charge in [0.15, 0.2) is 11.6 Å². The zero-order valence-electron chi connectivity index (χ0n) is 23.8. The lowest BCUT2D eigenvalue weighted by molar-refractivity contribution is -0.142. The summed E-state index contributed by atoms with van der Waals surface area (Å²) >= 11 is 0.